The van der Waals surface area contributed by atoms with Crippen LogP contribution in [0.3, 0.4) is 0 Å². The van der Waals surface area contributed by atoms with Crippen molar-refractivity contribution in [3.63, 3.8) is 0 Å². The molecule has 1 aromatic carbocycles. The molecule has 2 N–H and O–H groups in total. The van der Waals surface area contributed by atoms with Crippen molar-refractivity contribution in [1.29, 1.82) is 0 Å². The Bertz CT molecular complexity index is 946. The third-order valence-electron chi connectivity index (χ3n) is 7.68. The summed E-state index contributed by atoms with van der Waals surface area (Å²) in [6.07, 6.45) is 0.995. The van der Waals surface area contributed by atoms with E-state index >= 15 is 0 Å². The number of hydrogen-bond donors (Lipinski definition) is 2. The van der Waals surface area contributed by atoms with Crippen LogP contribution in [0, 0.1) is 23.2 Å². The highest BCUT2D eigenvalue weighted by Crippen LogP contribution is 2.46. The molecule has 2 saturated heterocycles. The van der Waals surface area contributed by atoms with Gasteiger partial charge >= 0.3 is 0 Å². The summed E-state index contributed by atoms with van der Waals surface area (Å²) in [6.45, 7) is 13.2. The molecule has 0 aliphatic carbocycles. The van der Waals surface area contributed by atoms with Gasteiger partial charge in [-0.3, -0.25) is 14.4 Å². The molecular weight excluding hydrogens is 466 g/mol. The first kappa shape index (κ1) is 27.5. The van der Waals surface area contributed by atoms with Gasteiger partial charge in [0.15, 0.2) is 0 Å². The predicted molar refractivity (Wildman–Crippen MR) is 137 cm³/mol. The van der Waals surface area contributed by atoms with Crippen molar-refractivity contribution in [2.24, 2.45) is 23.2 Å². The van der Waals surface area contributed by atoms with E-state index in [1.165, 1.54) is 0 Å². The smallest absolute Gasteiger partial charge is 0.245 e. The maximum atomic E-state index is 13.6. The highest BCUT2D eigenvalue weighted by Gasteiger charge is 2.50. The molecule has 0 bridgehead atoms. The van der Waals surface area contributed by atoms with Crippen molar-refractivity contribution >= 4 is 29.3 Å². The predicted octanol–water partition coefficient (Wildman–Crippen LogP) is 3.43. The Kier molecular flexibility index (Phi) is 8.22. The summed E-state index contributed by atoms with van der Waals surface area (Å²) in [6, 6.07) is 6.56. The summed E-state index contributed by atoms with van der Waals surface area (Å²) in [4.78, 5) is 42.4. The molecule has 0 spiro atoms. The van der Waals surface area contributed by atoms with Crippen LogP contribution < -0.4 is 5.32 Å². The van der Waals surface area contributed by atoms with E-state index in [9.17, 15) is 19.5 Å². The molecular formula is C27H40ClN3O4. The van der Waals surface area contributed by atoms with Crippen molar-refractivity contribution in [3.05, 3.63) is 34.9 Å². The molecule has 2 heterocycles. The Labute approximate surface area is 214 Å². The van der Waals surface area contributed by atoms with Crippen molar-refractivity contribution in [3.8, 4) is 0 Å². The van der Waals surface area contributed by atoms with Gasteiger partial charge in [0.2, 0.25) is 17.7 Å². The molecule has 2 fully saturated rings. The lowest BCUT2D eigenvalue weighted by atomic mass is 9.66. The zero-order valence-electron chi connectivity index (χ0n) is 21.8. The van der Waals surface area contributed by atoms with Crippen LogP contribution >= 0.6 is 11.6 Å². The molecule has 0 radical (unpaired) electrons. The Morgan fingerprint density at radius 3 is 2.20 bits per heavy atom. The molecule has 7 nitrogen and oxygen atoms in total. The molecule has 35 heavy (non-hydrogen) atoms. The van der Waals surface area contributed by atoms with Gasteiger partial charge in [-0.1, -0.05) is 65.3 Å². The molecule has 2 aliphatic rings. The molecule has 3 atom stereocenters. The number of carbonyl (C=O) groups is 3. The van der Waals surface area contributed by atoms with Crippen LogP contribution in [0.1, 0.15) is 59.9 Å². The van der Waals surface area contributed by atoms with E-state index in [1.807, 2.05) is 53.7 Å². The number of nitrogens with zero attached hydrogens (tertiary/aromatic N) is 2. The second-order valence-electron chi connectivity index (χ2n) is 11.4. The zero-order chi connectivity index (χ0) is 26.1. The topological polar surface area (TPSA) is 90.0 Å². The summed E-state index contributed by atoms with van der Waals surface area (Å²) in [7, 11) is 0. The van der Waals surface area contributed by atoms with Crippen molar-refractivity contribution in [2.45, 2.75) is 66.0 Å². The van der Waals surface area contributed by atoms with E-state index in [0.29, 0.717) is 44.0 Å². The summed E-state index contributed by atoms with van der Waals surface area (Å²) in [5.41, 5.74) is -0.917. The van der Waals surface area contributed by atoms with Gasteiger partial charge in [-0.15, -0.1) is 0 Å². The van der Waals surface area contributed by atoms with Gasteiger partial charge in [0.1, 0.15) is 6.04 Å². The number of halogens is 1. The Morgan fingerprint density at radius 2 is 1.66 bits per heavy atom. The van der Waals surface area contributed by atoms with Crippen LogP contribution in [0.4, 0.5) is 0 Å². The van der Waals surface area contributed by atoms with Gasteiger partial charge in [0.05, 0.1) is 11.5 Å². The molecule has 0 unspecified atom stereocenters. The van der Waals surface area contributed by atoms with Gasteiger partial charge in [-0.05, 0) is 36.5 Å². The molecule has 0 aromatic heterocycles. The second-order valence-corrected chi connectivity index (χ2v) is 11.9. The third-order valence-corrected chi connectivity index (χ3v) is 7.93. The average molecular weight is 506 g/mol. The normalized spacial score (nSPS) is 25.1. The van der Waals surface area contributed by atoms with Crippen molar-refractivity contribution in [2.75, 3.05) is 26.2 Å². The lowest BCUT2D eigenvalue weighted by Crippen LogP contribution is -2.60. The maximum absolute atomic E-state index is 13.6. The minimum atomic E-state index is -1.10. The van der Waals surface area contributed by atoms with Gasteiger partial charge in [-0.25, -0.2) is 0 Å². The number of nitrogens with one attached hydrogen (secondary N) is 1. The highest BCUT2D eigenvalue weighted by atomic mass is 35.5. The minimum absolute atomic E-state index is 0.0560. The number of likely N-dealkylation sites (tertiary alicyclic amines) is 2. The maximum Gasteiger partial charge on any atom is 0.245 e. The third kappa shape index (κ3) is 5.67. The Hall–Kier alpha value is -2.12. The van der Waals surface area contributed by atoms with E-state index in [4.69, 9.17) is 11.6 Å². The van der Waals surface area contributed by atoms with Crippen LogP contribution in [0.2, 0.25) is 5.02 Å². The van der Waals surface area contributed by atoms with Crippen LogP contribution in [0.5, 0.6) is 0 Å². The number of carbonyl (C=O) groups excluding carboxylic acids is 3. The largest absolute Gasteiger partial charge is 0.384 e. The summed E-state index contributed by atoms with van der Waals surface area (Å²) >= 11 is 6.03. The van der Waals surface area contributed by atoms with E-state index < -0.39 is 17.1 Å². The summed E-state index contributed by atoms with van der Waals surface area (Å²) in [5, 5.41) is 15.2. The molecule has 8 heteroatoms. The quantitative estimate of drug-likeness (QED) is 0.619. The molecule has 194 valence electrons. The number of benzene rings is 1. The number of amides is 3. The molecule has 1 aromatic rings. The first-order valence-corrected chi connectivity index (χ1v) is 13.0. The standard InChI is InChI=1S/C27H40ClN3O4/c1-17(2)22(29-23(32)19-11-13-30(15-19)24(33)18(3)4)25(34)31-14-12-27(35,26(5,6)16-31)20-7-9-21(28)10-8-20/h7-10,17-19,22,35H,11-16H2,1-6H3,(H,29,32)/t19-,22-,27+/m1/s1. The highest BCUT2D eigenvalue weighted by molar-refractivity contribution is 6.30. The first-order valence-electron chi connectivity index (χ1n) is 12.6. The summed E-state index contributed by atoms with van der Waals surface area (Å²) in [5.74, 6) is -0.755. The van der Waals surface area contributed by atoms with Crippen LogP contribution in [0.25, 0.3) is 0 Å². The second kappa shape index (κ2) is 10.5. The van der Waals surface area contributed by atoms with Crippen molar-refractivity contribution < 1.29 is 19.5 Å². The zero-order valence-corrected chi connectivity index (χ0v) is 22.6. The van der Waals surface area contributed by atoms with Gasteiger partial charge < -0.3 is 20.2 Å². The lowest BCUT2D eigenvalue weighted by Gasteiger charge is -2.51. The van der Waals surface area contributed by atoms with Gasteiger partial charge in [-0.2, -0.15) is 0 Å². The lowest BCUT2D eigenvalue weighted by molar-refractivity contribution is -0.157. The molecule has 0 saturated carbocycles. The van der Waals surface area contributed by atoms with Crippen molar-refractivity contribution in [1.82, 2.24) is 15.1 Å². The molecule has 3 amide bonds. The van der Waals surface area contributed by atoms with Crippen LogP contribution in [-0.2, 0) is 20.0 Å². The summed E-state index contributed by atoms with van der Waals surface area (Å²) < 4.78 is 0. The first-order chi connectivity index (χ1) is 16.3. The van der Waals surface area contributed by atoms with E-state index in [1.54, 1.807) is 21.9 Å². The number of aliphatic hydroxyl groups is 1. The average Bonchev–Trinajstić information content (AvgIpc) is 3.28. The fourth-order valence-corrected chi connectivity index (χ4v) is 5.42. The fraction of sp³-hybridized carbons (Fsp3) is 0.667. The van der Waals surface area contributed by atoms with Crippen LogP contribution in [-0.4, -0.2) is 64.8 Å². The molecule has 3 rings (SSSR count). The van der Waals surface area contributed by atoms with E-state index in [0.717, 1.165) is 5.56 Å². The molecule has 2 aliphatic heterocycles. The number of piperidine rings is 1. The number of hydrogen-bond acceptors (Lipinski definition) is 4. The van der Waals surface area contributed by atoms with Gasteiger partial charge in [0.25, 0.3) is 0 Å². The SMILES string of the molecule is CC(C)C(=O)N1CC[C@@H](C(=O)N[C@@H](C(=O)N2CC[C@](O)(c3ccc(Cl)cc3)C(C)(C)C2)C(C)C)C1. The van der Waals surface area contributed by atoms with Crippen LogP contribution in [0.15, 0.2) is 24.3 Å². The Morgan fingerprint density at radius 1 is 1.03 bits per heavy atom. The monoisotopic (exact) mass is 505 g/mol. The van der Waals surface area contributed by atoms with E-state index in [-0.39, 0.29) is 35.5 Å². The minimum Gasteiger partial charge on any atom is -0.384 e. The Balaban J connectivity index is 1.68. The fourth-order valence-electron chi connectivity index (χ4n) is 5.29. The van der Waals surface area contributed by atoms with E-state index in [2.05, 4.69) is 5.32 Å². The van der Waals surface area contributed by atoms with Gasteiger partial charge in [0, 0.05) is 42.5 Å². The number of rotatable bonds is 6.